The van der Waals surface area contributed by atoms with Crippen LogP contribution in [0.25, 0.3) is 0 Å². The van der Waals surface area contributed by atoms with Crippen LogP contribution in [-0.4, -0.2) is 46.0 Å². The summed E-state index contributed by atoms with van der Waals surface area (Å²) in [5, 5.41) is 23.7. The molecule has 8 heteroatoms. The van der Waals surface area contributed by atoms with E-state index in [1.807, 2.05) is 0 Å². The zero-order chi connectivity index (χ0) is 16.3. The number of hydrogen-bond donors (Lipinski definition) is 4. The summed E-state index contributed by atoms with van der Waals surface area (Å²) in [7, 11) is 0. The van der Waals surface area contributed by atoms with Crippen LogP contribution in [0.3, 0.4) is 0 Å². The monoisotopic (exact) mass is 305 g/mol. The maximum atomic E-state index is 12.0. The molecule has 2 rings (SSSR count). The van der Waals surface area contributed by atoms with Gasteiger partial charge in [-0.15, -0.1) is 0 Å². The van der Waals surface area contributed by atoms with Gasteiger partial charge in [0, 0.05) is 18.7 Å². The molecule has 1 aromatic rings. The maximum absolute atomic E-state index is 12.0. The number of phenolic OH excluding ortho intramolecular Hbond substituents is 1. The fourth-order valence-corrected chi connectivity index (χ4v) is 1.97. The van der Waals surface area contributed by atoms with Crippen LogP contribution in [0.2, 0.25) is 0 Å². The second-order valence-corrected chi connectivity index (χ2v) is 4.61. The third-order valence-electron chi connectivity index (χ3n) is 2.92. The molecule has 0 aliphatic carbocycles. The van der Waals surface area contributed by atoms with E-state index in [1.54, 1.807) is 0 Å². The summed E-state index contributed by atoms with van der Waals surface area (Å²) in [5.74, 6) is -1.53. The molecule has 0 radical (unpaired) electrons. The number of β-amino-alcohol motifs (C(OH)–C–C–N with tert-alkyl or cyclic N) is 1. The highest BCUT2D eigenvalue weighted by atomic mass is 16.3. The van der Waals surface area contributed by atoms with E-state index in [2.05, 4.69) is 10.6 Å². The van der Waals surface area contributed by atoms with E-state index < -0.39 is 11.8 Å². The molecular formula is C14H15N3O5. The van der Waals surface area contributed by atoms with Crippen molar-refractivity contribution in [3.05, 3.63) is 30.0 Å². The van der Waals surface area contributed by atoms with Gasteiger partial charge < -0.3 is 20.8 Å². The summed E-state index contributed by atoms with van der Waals surface area (Å²) in [4.78, 5) is 35.6. The van der Waals surface area contributed by atoms with E-state index in [9.17, 15) is 19.5 Å². The second-order valence-electron chi connectivity index (χ2n) is 4.61. The summed E-state index contributed by atoms with van der Waals surface area (Å²) in [5.41, 5.74) is 0.653. The number of hydrogen-bond acceptors (Lipinski definition) is 6. The first-order valence-electron chi connectivity index (χ1n) is 6.48. The standard InChI is InChI=1S/C14H15N3O5/c1-8(19)15-10-6-9(2-3-12(10)20)16-11-7-13(21)17(4-5-18)14(11)22/h2-3,6-7,16,18,20H,4-5H2,1H3,(H,15,19). The second kappa shape index (κ2) is 6.27. The molecule has 1 aliphatic heterocycles. The topological polar surface area (TPSA) is 119 Å². The Bertz CT molecular complexity index is 668. The molecule has 0 fully saturated rings. The van der Waals surface area contributed by atoms with Gasteiger partial charge in [0.1, 0.15) is 11.4 Å². The zero-order valence-corrected chi connectivity index (χ0v) is 11.8. The smallest absolute Gasteiger partial charge is 0.277 e. The van der Waals surface area contributed by atoms with Crippen LogP contribution in [-0.2, 0) is 14.4 Å². The fraction of sp³-hybridized carbons (Fsp3) is 0.214. The molecule has 116 valence electrons. The molecule has 0 saturated heterocycles. The molecule has 1 heterocycles. The number of carbonyl (C=O) groups excluding carboxylic acids is 3. The zero-order valence-electron chi connectivity index (χ0n) is 11.8. The van der Waals surface area contributed by atoms with E-state index in [0.717, 1.165) is 11.0 Å². The highest BCUT2D eigenvalue weighted by Crippen LogP contribution is 2.28. The minimum atomic E-state index is -0.548. The fourth-order valence-electron chi connectivity index (χ4n) is 1.97. The van der Waals surface area contributed by atoms with E-state index in [-0.39, 0.29) is 36.2 Å². The van der Waals surface area contributed by atoms with E-state index in [1.165, 1.54) is 25.1 Å². The molecule has 0 bridgehead atoms. The number of amides is 3. The van der Waals surface area contributed by atoms with Crippen molar-refractivity contribution in [1.82, 2.24) is 4.90 Å². The van der Waals surface area contributed by atoms with Crippen molar-refractivity contribution < 1.29 is 24.6 Å². The van der Waals surface area contributed by atoms with Gasteiger partial charge in [0.2, 0.25) is 5.91 Å². The predicted molar refractivity (Wildman–Crippen MR) is 77.9 cm³/mol. The molecule has 1 aromatic carbocycles. The number of rotatable bonds is 5. The normalized spacial score (nSPS) is 14.1. The highest BCUT2D eigenvalue weighted by Gasteiger charge is 2.30. The van der Waals surface area contributed by atoms with Crippen molar-refractivity contribution in [2.45, 2.75) is 6.92 Å². The lowest BCUT2D eigenvalue weighted by Gasteiger charge is -2.14. The molecular weight excluding hydrogens is 290 g/mol. The van der Waals surface area contributed by atoms with Crippen molar-refractivity contribution in [2.75, 3.05) is 23.8 Å². The van der Waals surface area contributed by atoms with Crippen molar-refractivity contribution in [1.29, 1.82) is 0 Å². The summed E-state index contributed by atoms with van der Waals surface area (Å²) in [6.07, 6.45) is 1.13. The summed E-state index contributed by atoms with van der Waals surface area (Å²) >= 11 is 0. The Morgan fingerprint density at radius 1 is 1.32 bits per heavy atom. The Labute approximate surface area is 126 Å². The van der Waals surface area contributed by atoms with Crippen molar-refractivity contribution >= 4 is 29.1 Å². The summed E-state index contributed by atoms with van der Waals surface area (Å²) < 4.78 is 0. The SMILES string of the molecule is CC(=O)Nc1cc(NC2=CC(=O)N(CCO)C2=O)ccc1O. The summed E-state index contributed by atoms with van der Waals surface area (Å²) in [6, 6.07) is 4.28. The number of benzene rings is 1. The van der Waals surface area contributed by atoms with Crippen molar-refractivity contribution in [2.24, 2.45) is 0 Å². The molecule has 22 heavy (non-hydrogen) atoms. The van der Waals surface area contributed by atoms with Crippen LogP contribution in [0.1, 0.15) is 6.92 Å². The Hall–Kier alpha value is -2.87. The van der Waals surface area contributed by atoms with Crippen molar-refractivity contribution in [3.8, 4) is 5.75 Å². The number of aromatic hydroxyl groups is 1. The first-order valence-corrected chi connectivity index (χ1v) is 6.48. The average molecular weight is 305 g/mol. The van der Waals surface area contributed by atoms with Crippen LogP contribution < -0.4 is 10.6 Å². The first kappa shape index (κ1) is 15.5. The van der Waals surface area contributed by atoms with E-state index in [4.69, 9.17) is 5.11 Å². The van der Waals surface area contributed by atoms with Gasteiger partial charge in [0.05, 0.1) is 18.8 Å². The van der Waals surface area contributed by atoms with E-state index >= 15 is 0 Å². The predicted octanol–water partition coefficient (Wildman–Crippen LogP) is 0.00750. The molecule has 4 N–H and O–H groups in total. The number of carbonyl (C=O) groups is 3. The average Bonchev–Trinajstić information content (AvgIpc) is 2.70. The lowest BCUT2D eigenvalue weighted by atomic mass is 10.2. The number of phenols is 1. The lowest BCUT2D eigenvalue weighted by molar-refractivity contribution is -0.137. The molecule has 8 nitrogen and oxygen atoms in total. The highest BCUT2D eigenvalue weighted by molar-refractivity contribution is 6.17. The molecule has 0 saturated carbocycles. The number of anilines is 2. The third-order valence-corrected chi connectivity index (χ3v) is 2.92. The molecule has 3 amide bonds. The third kappa shape index (κ3) is 3.23. The number of nitrogens with zero attached hydrogens (tertiary/aromatic N) is 1. The van der Waals surface area contributed by atoms with Gasteiger partial charge >= 0.3 is 0 Å². The summed E-state index contributed by atoms with van der Waals surface area (Å²) in [6.45, 7) is 0.907. The van der Waals surface area contributed by atoms with Gasteiger partial charge in [0.25, 0.3) is 11.8 Å². The quantitative estimate of drug-likeness (QED) is 0.345. The minimum Gasteiger partial charge on any atom is -0.506 e. The van der Waals surface area contributed by atoms with Crippen LogP contribution in [0.5, 0.6) is 5.75 Å². The minimum absolute atomic E-state index is 0.0536. The lowest BCUT2D eigenvalue weighted by Crippen LogP contribution is -2.34. The molecule has 0 atom stereocenters. The Balaban J connectivity index is 2.18. The van der Waals surface area contributed by atoms with Gasteiger partial charge in [-0.05, 0) is 18.2 Å². The molecule has 0 spiro atoms. The number of imide groups is 1. The van der Waals surface area contributed by atoms with Crippen LogP contribution >= 0.6 is 0 Å². The largest absolute Gasteiger partial charge is 0.506 e. The Kier molecular flexibility index (Phi) is 4.42. The Morgan fingerprint density at radius 2 is 2.05 bits per heavy atom. The molecule has 1 aliphatic rings. The number of nitrogens with one attached hydrogen (secondary N) is 2. The van der Waals surface area contributed by atoms with Crippen LogP contribution in [0.15, 0.2) is 30.0 Å². The maximum Gasteiger partial charge on any atom is 0.277 e. The van der Waals surface area contributed by atoms with Crippen LogP contribution in [0.4, 0.5) is 11.4 Å². The van der Waals surface area contributed by atoms with Gasteiger partial charge in [-0.2, -0.15) is 0 Å². The Morgan fingerprint density at radius 3 is 2.68 bits per heavy atom. The van der Waals surface area contributed by atoms with Crippen molar-refractivity contribution in [3.63, 3.8) is 0 Å². The first-order chi connectivity index (χ1) is 10.4. The van der Waals surface area contributed by atoms with Gasteiger partial charge in [-0.3, -0.25) is 19.3 Å². The van der Waals surface area contributed by atoms with Crippen LogP contribution in [0, 0.1) is 0 Å². The van der Waals surface area contributed by atoms with Gasteiger partial charge in [0.15, 0.2) is 0 Å². The number of aliphatic hydroxyl groups excluding tert-OH is 1. The molecule has 0 aromatic heterocycles. The number of aliphatic hydroxyl groups is 1. The van der Waals surface area contributed by atoms with Gasteiger partial charge in [-0.25, -0.2) is 0 Å². The molecule has 0 unspecified atom stereocenters. The van der Waals surface area contributed by atoms with E-state index in [0.29, 0.717) is 5.69 Å². The van der Waals surface area contributed by atoms with Gasteiger partial charge in [-0.1, -0.05) is 0 Å².